The van der Waals surface area contributed by atoms with Crippen LogP contribution in [0, 0.1) is 0 Å². The third kappa shape index (κ3) is 3.20. The van der Waals surface area contributed by atoms with E-state index in [9.17, 15) is 4.79 Å². The number of hydrogen-bond donors (Lipinski definition) is 2. The second-order valence-corrected chi connectivity index (χ2v) is 4.87. The Morgan fingerprint density at radius 3 is 3.00 bits per heavy atom. The largest absolute Gasteiger partial charge is 0.478 e. The van der Waals surface area contributed by atoms with Crippen molar-refractivity contribution in [1.29, 1.82) is 0 Å². The number of nitrogens with one attached hydrogen (secondary N) is 1. The number of rotatable bonds is 4. The maximum atomic E-state index is 10.8. The minimum Gasteiger partial charge on any atom is -0.478 e. The maximum Gasteiger partial charge on any atom is 0.336 e. The summed E-state index contributed by atoms with van der Waals surface area (Å²) in [4.78, 5) is 10.8. The van der Waals surface area contributed by atoms with Gasteiger partial charge in [0.2, 0.25) is 0 Å². The third-order valence-electron chi connectivity index (χ3n) is 2.76. The third-order valence-corrected chi connectivity index (χ3v) is 3.41. The lowest BCUT2D eigenvalue weighted by Crippen LogP contribution is -2.18. The fourth-order valence-corrected chi connectivity index (χ4v) is 2.38. The molecule has 92 valence electrons. The van der Waals surface area contributed by atoms with Gasteiger partial charge in [-0.15, -0.1) is 0 Å². The molecular formula is C12H14BrNO3. The predicted molar refractivity (Wildman–Crippen MR) is 68.6 cm³/mol. The van der Waals surface area contributed by atoms with Gasteiger partial charge in [0.15, 0.2) is 0 Å². The van der Waals surface area contributed by atoms with Crippen LogP contribution >= 0.6 is 15.9 Å². The molecule has 2 rings (SSSR count). The second-order valence-electron chi connectivity index (χ2n) is 4.02. The monoisotopic (exact) mass is 299 g/mol. The summed E-state index contributed by atoms with van der Waals surface area (Å²) in [6.07, 6.45) is 2.47. The van der Waals surface area contributed by atoms with Crippen molar-refractivity contribution < 1.29 is 14.6 Å². The van der Waals surface area contributed by atoms with E-state index in [-0.39, 0.29) is 11.7 Å². The van der Waals surface area contributed by atoms with E-state index >= 15 is 0 Å². The van der Waals surface area contributed by atoms with E-state index < -0.39 is 5.97 Å². The van der Waals surface area contributed by atoms with E-state index in [0.717, 1.165) is 31.7 Å². The molecule has 1 saturated heterocycles. The highest BCUT2D eigenvalue weighted by atomic mass is 79.9. The summed E-state index contributed by atoms with van der Waals surface area (Å²) in [5, 5.41) is 12.1. The Hall–Kier alpha value is -1.07. The molecule has 1 aliphatic heterocycles. The van der Waals surface area contributed by atoms with Crippen molar-refractivity contribution in [3.8, 4) is 0 Å². The van der Waals surface area contributed by atoms with E-state index in [1.807, 2.05) is 0 Å². The number of anilines is 1. The second kappa shape index (κ2) is 5.51. The molecule has 0 saturated carbocycles. The van der Waals surface area contributed by atoms with E-state index in [2.05, 4.69) is 21.2 Å². The first-order chi connectivity index (χ1) is 8.16. The zero-order valence-electron chi connectivity index (χ0n) is 9.28. The molecule has 0 radical (unpaired) electrons. The molecule has 1 aromatic rings. The number of carboxylic acid groups (broad SMARTS) is 1. The van der Waals surface area contributed by atoms with Gasteiger partial charge in [-0.1, -0.05) is 0 Å². The van der Waals surface area contributed by atoms with Gasteiger partial charge in [-0.3, -0.25) is 0 Å². The van der Waals surface area contributed by atoms with E-state index in [4.69, 9.17) is 9.84 Å². The van der Waals surface area contributed by atoms with E-state index in [1.165, 1.54) is 0 Å². The van der Waals surface area contributed by atoms with Gasteiger partial charge in [0.25, 0.3) is 0 Å². The molecule has 1 fully saturated rings. The van der Waals surface area contributed by atoms with Gasteiger partial charge in [0, 0.05) is 23.3 Å². The van der Waals surface area contributed by atoms with Gasteiger partial charge in [-0.2, -0.15) is 0 Å². The normalized spacial score (nSPS) is 19.2. The molecule has 2 N–H and O–H groups in total. The molecule has 1 unspecified atom stereocenters. The van der Waals surface area contributed by atoms with Crippen molar-refractivity contribution in [2.45, 2.75) is 18.9 Å². The minimum atomic E-state index is -0.928. The number of halogens is 1. The summed E-state index contributed by atoms with van der Waals surface area (Å²) < 4.78 is 6.08. The average Bonchev–Trinajstić information content (AvgIpc) is 2.78. The van der Waals surface area contributed by atoms with Crippen molar-refractivity contribution in [2.75, 3.05) is 18.5 Å². The Bertz CT molecular complexity index is 416. The van der Waals surface area contributed by atoms with Crippen LogP contribution in [0.5, 0.6) is 0 Å². The van der Waals surface area contributed by atoms with Crippen LogP contribution in [0.15, 0.2) is 22.7 Å². The summed E-state index contributed by atoms with van der Waals surface area (Å²) in [6.45, 7) is 1.60. The molecule has 5 heteroatoms. The molecule has 0 spiro atoms. The molecule has 1 heterocycles. The van der Waals surface area contributed by atoms with E-state index in [0.29, 0.717) is 4.47 Å². The molecule has 17 heavy (non-hydrogen) atoms. The molecule has 1 atom stereocenters. The fraction of sp³-hybridized carbons (Fsp3) is 0.417. The summed E-state index contributed by atoms with van der Waals surface area (Å²) in [5.74, 6) is -0.928. The maximum absolute atomic E-state index is 10.8. The van der Waals surface area contributed by atoms with Crippen LogP contribution < -0.4 is 5.32 Å². The first kappa shape index (κ1) is 12.4. The van der Waals surface area contributed by atoms with Gasteiger partial charge in [0.1, 0.15) is 0 Å². The van der Waals surface area contributed by atoms with Crippen molar-refractivity contribution in [2.24, 2.45) is 0 Å². The van der Waals surface area contributed by atoms with Crippen molar-refractivity contribution in [3.05, 3.63) is 28.2 Å². The van der Waals surface area contributed by atoms with Crippen LogP contribution in [0.4, 0.5) is 5.69 Å². The number of carbonyl (C=O) groups is 1. The highest BCUT2D eigenvalue weighted by Gasteiger charge is 2.15. The summed E-state index contributed by atoms with van der Waals surface area (Å²) >= 11 is 3.25. The minimum absolute atomic E-state index is 0.271. The SMILES string of the molecule is O=C(O)c1ccc(NCC2CCCO2)cc1Br. The molecule has 1 aliphatic rings. The quantitative estimate of drug-likeness (QED) is 0.897. The van der Waals surface area contributed by atoms with E-state index in [1.54, 1.807) is 18.2 Å². The molecule has 1 aromatic carbocycles. The molecule has 0 amide bonds. The molecule has 4 nitrogen and oxygen atoms in total. The lowest BCUT2D eigenvalue weighted by Gasteiger charge is -2.12. The topological polar surface area (TPSA) is 58.6 Å². The highest BCUT2D eigenvalue weighted by molar-refractivity contribution is 9.10. The number of benzene rings is 1. The van der Waals surface area contributed by atoms with Crippen molar-refractivity contribution in [1.82, 2.24) is 0 Å². The zero-order valence-corrected chi connectivity index (χ0v) is 10.9. The Morgan fingerprint density at radius 2 is 2.41 bits per heavy atom. The van der Waals surface area contributed by atoms with Crippen LogP contribution in [-0.2, 0) is 4.74 Å². The smallest absolute Gasteiger partial charge is 0.336 e. The summed E-state index contributed by atoms with van der Waals surface area (Å²) in [7, 11) is 0. The zero-order chi connectivity index (χ0) is 12.3. The first-order valence-electron chi connectivity index (χ1n) is 5.55. The van der Waals surface area contributed by atoms with Crippen LogP contribution in [0.1, 0.15) is 23.2 Å². The number of carboxylic acids is 1. The van der Waals surface area contributed by atoms with Crippen molar-refractivity contribution in [3.63, 3.8) is 0 Å². The molecule has 0 aliphatic carbocycles. The molecule has 0 bridgehead atoms. The van der Waals surface area contributed by atoms with Crippen LogP contribution in [0.2, 0.25) is 0 Å². The molecule has 0 aromatic heterocycles. The fourth-order valence-electron chi connectivity index (χ4n) is 1.84. The Morgan fingerprint density at radius 1 is 1.59 bits per heavy atom. The standard InChI is InChI=1S/C12H14BrNO3/c13-11-6-8(3-4-10(11)12(15)16)14-7-9-2-1-5-17-9/h3-4,6,9,14H,1-2,5,7H2,(H,15,16). The number of aromatic carboxylic acids is 1. The Labute approximate surface area is 108 Å². The van der Waals surface area contributed by atoms with Gasteiger partial charge < -0.3 is 15.2 Å². The van der Waals surface area contributed by atoms with Crippen LogP contribution in [0.25, 0.3) is 0 Å². The first-order valence-corrected chi connectivity index (χ1v) is 6.34. The van der Waals surface area contributed by atoms with Gasteiger partial charge in [-0.05, 0) is 47.0 Å². The number of hydrogen-bond acceptors (Lipinski definition) is 3. The number of ether oxygens (including phenoxy) is 1. The van der Waals surface area contributed by atoms with Gasteiger partial charge in [-0.25, -0.2) is 4.79 Å². The van der Waals surface area contributed by atoms with Gasteiger partial charge >= 0.3 is 5.97 Å². The highest BCUT2D eigenvalue weighted by Crippen LogP contribution is 2.22. The van der Waals surface area contributed by atoms with Crippen molar-refractivity contribution >= 4 is 27.6 Å². The summed E-state index contributed by atoms with van der Waals surface area (Å²) in [6, 6.07) is 5.13. The lowest BCUT2D eigenvalue weighted by molar-refractivity contribution is 0.0696. The Balaban J connectivity index is 1.97. The van der Waals surface area contributed by atoms with Gasteiger partial charge in [0.05, 0.1) is 11.7 Å². The average molecular weight is 300 g/mol. The molecular weight excluding hydrogens is 286 g/mol. The lowest BCUT2D eigenvalue weighted by atomic mass is 10.2. The summed E-state index contributed by atoms with van der Waals surface area (Å²) in [5.41, 5.74) is 1.17. The Kier molecular flexibility index (Phi) is 4.02. The predicted octanol–water partition coefficient (Wildman–Crippen LogP) is 2.74. The van der Waals surface area contributed by atoms with Crippen LogP contribution in [-0.4, -0.2) is 30.3 Å². The van der Waals surface area contributed by atoms with Crippen LogP contribution in [0.3, 0.4) is 0 Å².